The molecule has 0 bridgehead atoms. The Hall–Kier alpha value is -2.90. The molecule has 1 unspecified atom stereocenters. The first-order valence-electron chi connectivity index (χ1n) is 7.39. The molecular formula is C16H19N3O5. The summed E-state index contributed by atoms with van der Waals surface area (Å²) in [5, 5.41) is 6.38. The minimum absolute atomic E-state index is 0.421. The van der Waals surface area contributed by atoms with E-state index < -0.39 is 30.0 Å². The maximum atomic E-state index is 12.6. The molecule has 24 heavy (non-hydrogen) atoms. The van der Waals surface area contributed by atoms with Crippen molar-refractivity contribution in [2.24, 2.45) is 5.16 Å². The van der Waals surface area contributed by atoms with E-state index in [9.17, 15) is 14.4 Å². The van der Waals surface area contributed by atoms with Crippen molar-refractivity contribution in [3.8, 4) is 0 Å². The van der Waals surface area contributed by atoms with E-state index >= 15 is 0 Å². The SMILES string of the molecule is CCON=Cc1ccc(C2(C)NC(=O)N(CC(=O)OC)C2=O)cc1. The number of esters is 1. The van der Waals surface area contributed by atoms with Gasteiger partial charge in [-0.05, 0) is 25.0 Å². The Morgan fingerprint density at radius 3 is 2.58 bits per heavy atom. The molecule has 1 aliphatic heterocycles. The lowest BCUT2D eigenvalue weighted by Gasteiger charge is -2.22. The maximum absolute atomic E-state index is 12.6. The van der Waals surface area contributed by atoms with Crippen molar-refractivity contribution in [2.75, 3.05) is 20.3 Å². The Balaban J connectivity index is 2.20. The first kappa shape index (κ1) is 17.5. The van der Waals surface area contributed by atoms with Crippen LogP contribution < -0.4 is 5.32 Å². The zero-order valence-corrected chi connectivity index (χ0v) is 13.7. The lowest BCUT2D eigenvalue weighted by molar-refractivity contribution is -0.145. The average molecular weight is 333 g/mol. The van der Waals surface area contributed by atoms with E-state index in [4.69, 9.17) is 4.84 Å². The molecule has 1 heterocycles. The van der Waals surface area contributed by atoms with Crippen LogP contribution in [-0.2, 0) is 24.7 Å². The molecule has 128 valence electrons. The molecule has 3 amide bonds. The number of rotatable bonds is 6. The van der Waals surface area contributed by atoms with Crippen LogP contribution in [0.3, 0.4) is 0 Å². The van der Waals surface area contributed by atoms with Gasteiger partial charge < -0.3 is 14.9 Å². The fourth-order valence-corrected chi connectivity index (χ4v) is 2.31. The first-order valence-corrected chi connectivity index (χ1v) is 7.39. The summed E-state index contributed by atoms with van der Waals surface area (Å²) in [6, 6.07) is 6.31. The van der Waals surface area contributed by atoms with E-state index in [1.807, 2.05) is 6.92 Å². The second kappa shape index (κ2) is 7.12. The summed E-state index contributed by atoms with van der Waals surface area (Å²) < 4.78 is 4.51. The average Bonchev–Trinajstić information content (AvgIpc) is 2.79. The molecule has 0 radical (unpaired) electrons. The number of hydrogen-bond donors (Lipinski definition) is 1. The minimum Gasteiger partial charge on any atom is -0.468 e. The number of amides is 3. The molecule has 0 saturated carbocycles. The van der Waals surface area contributed by atoms with Gasteiger partial charge in [-0.2, -0.15) is 0 Å². The summed E-state index contributed by atoms with van der Waals surface area (Å²) >= 11 is 0. The third-order valence-electron chi connectivity index (χ3n) is 3.68. The van der Waals surface area contributed by atoms with Gasteiger partial charge in [-0.15, -0.1) is 0 Å². The third-order valence-corrected chi connectivity index (χ3v) is 3.68. The van der Waals surface area contributed by atoms with Gasteiger partial charge in [-0.1, -0.05) is 29.4 Å². The van der Waals surface area contributed by atoms with Crippen LogP contribution in [0.15, 0.2) is 29.4 Å². The minimum atomic E-state index is -1.24. The zero-order chi connectivity index (χ0) is 17.7. The molecule has 8 heteroatoms. The molecule has 2 rings (SSSR count). The molecule has 1 fully saturated rings. The van der Waals surface area contributed by atoms with Crippen LogP contribution >= 0.6 is 0 Å². The number of methoxy groups -OCH3 is 1. The highest BCUT2D eigenvalue weighted by molar-refractivity contribution is 6.08. The number of carbonyl (C=O) groups excluding carboxylic acids is 3. The van der Waals surface area contributed by atoms with Crippen LogP contribution in [0.5, 0.6) is 0 Å². The van der Waals surface area contributed by atoms with Gasteiger partial charge in [0.1, 0.15) is 18.7 Å². The highest BCUT2D eigenvalue weighted by Gasteiger charge is 2.49. The molecule has 1 aromatic carbocycles. The van der Waals surface area contributed by atoms with Crippen molar-refractivity contribution in [3.63, 3.8) is 0 Å². The number of urea groups is 1. The number of ether oxygens (including phenoxy) is 1. The summed E-state index contributed by atoms with van der Waals surface area (Å²) in [7, 11) is 1.20. The second-order valence-corrected chi connectivity index (χ2v) is 5.30. The van der Waals surface area contributed by atoms with E-state index in [1.54, 1.807) is 37.4 Å². The normalized spacial score (nSPS) is 20.4. The first-order chi connectivity index (χ1) is 11.4. The van der Waals surface area contributed by atoms with E-state index in [1.165, 1.54) is 7.11 Å². The van der Waals surface area contributed by atoms with Gasteiger partial charge in [0.2, 0.25) is 0 Å². The van der Waals surface area contributed by atoms with E-state index in [-0.39, 0.29) is 0 Å². The molecule has 8 nitrogen and oxygen atoms in total. The maximum Gasteiger partial charge on any atom is 0.325 e. The Bertz CT molecular complexity index is 671. The lowest BCUT2D eigenvalue weighted by Crippen LogP contribution is -2.41. The Morgan fingerprint density at radius 2 is 2.00 bits per heavy atom. The van der Waals surface area contributed by atoms with E-state index in [2.05, 4.69) is 15.2 Å². The highest BCUT2D eigenvalue weighted by atomic mass is 16.6. The van der Waals surface area contributed by atoms with Gasteiger partial charge in [0.15, 0.2) is 0 Å². The highest BCUT2D eigenvalue weighted by Crippen LogP contribution is 2.28. The van der Waals surface area contributed by atoms with Gasteiger partial charge >= 0.3 is 12.0 Å². The van der Waals surface area contributed by atoms with Crippen LogP contribution in [0.25, 0.3) is 0 Å². The second-order valence-electron chi connectivity index (χ2n) is 5.30. The fourth-order valence-electron chi connectivity index (χ4n) is 2.31. The Kier molecular flexibility index (Phi) is 5.18. The van der Waals surface area contributed by atoms with Crippen LogP contribution in [0.4, 0.5) is 4.79 Å². The van der Waals surface area contributed by atoms with Gasteiger partial charge in [0.05, 0.1) is 13.3 Å². The Morgan fingerprint density at radius 1 is 1.33 bits per heavy atom. The molecule has 0 spiro atoms. The van der Waals surface area contributed by atoms with E-state index in [0.717, 1.165) is 10.5 Å². The smallest absolute Gasteiger partial charge is 0.325 e. The van der Waals surface area contributed by atoms with Crippen LogP contribution in [0.1, 0.15) is 25.0 Å². The van der Waals surface area contributed by atoms with Crippen LogP contribution in [-0.4, -0.2) is 49.3 Å². The molecule has 1 aliphatic rings. The molecule has 1 N–H and O–H groups in total. The topological polar surface area (TPSA) is 97.3 Å². The predicted molar refractivity (Wildman–Crippen MR) is 85.3 cm³/mol. The third kappa shape index (κ3) is 3.37. The van der Waals surface area contributed by atoms with Gasteiger partial charge in [0, 0.05) is 0 Å². The summed E-state index contributed by atoms with van der Waals surface area (Å²) in [6.45, 7) is 3.47. The summed E-state index contributed by atoms with van der Waals surface area (Å²) in [6.07, 6.45) is 1.55. The molecular weight excluding hydrogens is 314 g/mol. The molecule has 1 saturated heterocycles. The number of hydrogen-bond acceptors (Lipinski definition) is 6. The van der Waals surface area contributed by atoms with Crippen molar-refractivity contribution in [2.45, 2.75) is 19.4 Å². The number of oxime groups is 1. The summed E-state index contributed by atoms with van der Waals surface area (Å²) in [4.78, 5) is 41.7. The number of nitrogens with zero attached hydrogens (tertiary/aromatic N) is 2. The fraction of sp³-hybridized carbons (Fsp3) is 0.375. The quantitative estimate of drug-likeness (QED) is 0.362. The predicted octanol–water partition coefficient (Wildman–Crippen LogP) is 0.997. The molecule has 1 atom stereocenters. The van der Waals surface area contributed by atoms with Crippen molar-refractivity contribution in [1.29, 1.82) is 0 Å². The van der Waals surface area contributed by atoms with Crippen molar-refractivity contribution in [3.05, 3.63) is 35.4 Å². The number of benzene rings is 1. The van der Waals surface area contributed by atoms with E-state index in [0.29, 0.717) is 12.2 Å². The van der Waals surface area contributed by atoms with Gasteiger partial charge in [-0.3, -0.25) is 14.5 Å². The van der Waals surface area contributed by atoms with Crippen molar-refractivity contribution < 1.29 is 24.0 Å². The van der Waals surface area contributed by atoms with Crippen LogP contribution in [0, 0.1) is 0 Å². The summed E-state index contributed by atoms with van der Waals surface area (Å²) in [5.41, 5.74) is 0.154. The summed E-state index contributed by atoms with van der Waals surface area (Å²) in [5.74, 6) is -1.17. The van der Waals surface area contributed by atoms with Crippen LogP contribution in [0.2, 0.25) is 0 Å². The number of carbonyl (C=O) groups is 3. The zero-order valence-electron chi connectivity index (χ0n) is 13.7. The van der Waals surface area contributed by atoms with Gasteiger partial charge in [-0.25, -0.2) is 4.79 Å². The number of imide groups is 1. The standard InChI is InChI=1S/C16H19N3O5/c1-4-24-17-9-11-5-7-12(8-6-11)16(2)14(21)19(15(22)18-16)10-13(20)23-3/h5-9H,4,10H2,1-3H3,(H,18,22). The van der Waals surface area contributed by atoms with Gasteiger partial charge in [0.25, 0.3) is 5.91 Å². The lowest BCUT2D eigenvalue weighted by atomic mass is 9.91. The van der Waals surface area contributed by atoms with Crippen molar-refractivity contribution in [1.82, 2.24) is 10.2 Å². The Labute approximate surface area is 139 Å². The number of nitrogens with one attached hydrogen (secondary N) is 1. The molecule has 1 aromatic rings. The monoisotopic (exact) mass is 333 g/mol. The molecule has 0 aliphatic carbocycles. The largest absolute Gasteiger partial charge is 0.468 e. The van der Waals surface area contributed by atoms with Crippen molar-refractivity contribution >= 4 is 24.1 Å². The molecule has 0 aromatic heterocycles.